The van der Waals surface area contributed by atoms with Gasteiger partial charge in [-0.3, -0.25) is 0 Å². The molecule has 0 heterocycles. The van der Waals surface area contributed by atoms with Crippen LogP contribution in [0.4, 0.5) is 4.79 Å². The molecule has 0 fully saturated rings. The monoisotopic (exact) mass is 236 g/mol. The van der Waals surface area contributed by atoms with Crippen LogP contribution in [0, 0.1) is 0 Å². The van der Waals surface area contributed by atoms with Crippen molar-refractivity contribution >= 4 is 6.09 Å². The second-order valence-electron chi connectivity index (χ2n) is 3.87. The Kier molecular flexibility index (Phi) is 6.10. The Hall–Kier alpha value is -1.55. The smallest absolute Gasteiger partial charge is 0.405 e. The molecule has 0 aliphatic heterocycles. The molecule has 1 atom stereocenters. The summed E-state index contributed by atoms with van der Waals surface area (Å²) < 4.78 is 5.12. The van der Waals surface area contributed by atoms with Gasteiger partial charge in [0.05, 0.1) is 0 Å². The number of carbonyl (C=O) groups excluding carboxylic acids is 1. The third kappa shape index (κ3) is 5.36. The lowest BCUT2D eigenvalue weighted by Crippen LogP contribution is -2.22. The Morgan fingerprint density at radius 1 is 1.35 bits per heavy atom. The zero-order valence-electron chi connectivity index (χ0n) is 10.2. The predicted octanol–water partition coefficient (Wildman–Crippen LogP) is 2.21. The van der Waals surface area contributed by atoms with Gasteiger partial charge in [-0.2, -0.15) is 0 Å². The van der Waals surface area contributed by atoms with Crippen LogP contribution in [0.25, 0.3) is 0 Å². The minimum absolute atomic E-state index is 0.266. The third-order valence-corrected chi connectivity index (χ3v) is 2.44. The minimum atomic E-state index is -0.727. The molecule has 0 aromatic heterocycles. The van der Waals surface area contributed by atoms with E-state index in [1.807, 2.05) is 30.3 Å². The van der Waals surface area contributed by atoms with Gasteiger partial charge in [-0.25, -0.2) is 4.79 Å². The van der Waals surface area contributed by atoms with Crippen molar-refractivity contribution in [2.24, 2.45) is 5.73 Å². The number of primary amides is 1. The molecule has 0 bridgehead atoms. The predicted molar refractivity (Wildman–Crippen MR) is 67.6 cm³/mol. The molecule has 1 rings (SSSR count). The first-order valence-corrected chi connectivity index (χ1v) is 5.95. The average Bonchev–Trinajstić information content (AvgIpc) is 2.34. The second-order valence-corrected chi connectivity index (χ2v) is 3.87. The van der Waals surface area contributed by atoms with Crippen LogP contribution >= 0.6 is 0 Å². The van der Waals surface area contributed by atoms with Gasteiger partial charge in [0.15, 0.2) is 0 Å². The van der Waals surface area contributed by atoms with E-state index in [-0.39, 0.29) is 6.10 Å². The van der Waals surface area contributed by atoms with Crippen molar-refractivity contribution in [1.82, 2.24) is 5.32 Å². The Labute approximate surface area is 102 Å². The van der Waals surface area contributed by atoms with E-state index in [0.717, 1.165) is 31.5 Å². The molecule has 0 spiro atoms. The van der Waals surface area contributed by atoms with Crippen LogP contribution in [0.1, 0.15) is 31.4 Å². The van der Waals surface area contributed by atoms with E-state index < -0.39 is 6.09 Å². The van der Waals surface area contributed by atoms with Crippen LogP contribution < -0.4 is 11.1 Å². The van der Waals surface area contributed by atoms with Crippen LogP contribution in [0.15, 0.2) is 30.3 Å². The lowest BCUT2D eigenvalue weighted by atomic mass is 10.1. The van der Waals surface area contributed by atoms with Gasteiger partial charge in [0.1, 0.15) is 6.10 Å². The second kappa shape index (κ2) is 7.68. The zero-order valence-corrected chi connectivity index (χ0v) is 10.2. The highest BCUT2D eigenvalue weighted by molar-refractivity contribution is 5.65. The first kappa shape index (κ1) is 13.5. The van der Waals surface area contributed by atoms with E-state index in [4.69, 9.17) is 10.5 Å². The summed E-state index contributed by atoms with van der Waals surface area (Å²) in [4.78, 5) is 10.9. The Balaban J connectivity index is 2.52. The number of carbonyl (C=O) groups is 1. The van der Waals surface area contributed by atoms with E-state index in [1.54, 1.807) is 0 Å². The quantitative estimate of drug-likeness (QED) is 0.713. The molecule has 4 heteroatoms. The number of nitrogens with two attached hydrogens (primary N) is 1. The largest absolute Gasteiger partial charge is 0.441 e. The first-order valence-electron chi connectivity index (χ1n) is 5.95. The summed E-state index contributed by atoms with van der Waals surface area (Å²) in [6.45, 7) is 3.89. The molecule has 94 valence electrons. The molecule has 1 unspecified atom stereocenters. The minimum Gasteiger partial charge on any atom is -0.441 e. The van der Waals surface area contributed by atoms with E-state index in [1.165, 1.54) is 0 Å². The molecule has 0 radical (unpaired) electrons. The first-order chi connectivity index (χ1) is 8.24. The maximum atomic E-state index is 10.9. The maximum Gasteiger partial charge on any atom is 0.405 e. The van der Waals surface area contributed by atoms with Gasteiger partial charge in [0.2, 0.25) is 0 Å². The van der Waals surface area contributed by atoms with E-state index in [2.05, 4.69) is 12.2 Å². The van der Waals surface area contributed by atoms with Gasteiger partial charge in [-0.05, 0) is 25.1 Å². The number of ether oxygens (including phenoxy) is 1. The van der Waals surface area contributed by atoms with Crippen molar-refractivity contribution in [3.63, 3.8) is 0 Å². The summed E-state index contributed by atoms with van der Waals surface area (Å²) in [5.41, 5.74) is 6.06. The van der Waals surface area contributed by atoms with Gasteiger partial charge in [-0.1, -0.05) is 37.3 Å². The van der Waals surface area contributed by atoms with Crippen molar-refractivity contribution in [1.29, 1.82) is 0 Å². The van der Waals surface area contributed by atoms with Crippen molar-refractivity contribution in [2.75, 3.05) is 13.1 Å². The number of rotatable bonds is 7. The summed E-state index contributed by atoms with van der Waals surface area (Å²) in [6.07, 6.45) is 0.826. The van der Waals surface area contributed by atoms with Crippen LogP contribution in [0.5, 0.6) is 0 Å². The zero-order chi connectivity index (χ0) is 12.5. The highest BCUT2D eigenvalue weighted by atomic mass is 16.6. The third-order valence-electron chi connectivity index (χ3n) is 2.44. The lowest BCUT2D eigenvalue weighted by molar-refractivity contribution is 0.101. The van der Waals surface area contributed by atoms with E-state index >= 15 is 0 Å². The van der Waals surface area contributed by atoms with Crippen molar-refractivity contribution in [3.05, 3.63) is 35.9 Å². The summed E-state index contributed by atoms with van der Waals surface area (Å²) in [5, 5.41) is 3.28. The molecule has 0 aliphatic carbocycles. The van der Waals surface area contributed by atoms with Gasteiger partial charge < -0.3 is 15.8 Å². The van der Waals surface area contributed by atoms with Crippen molar-refractivity contribution < 1.29 is 9.53 Å². The fourth-order valence-corrected chi connectivity index (χ4v) is 1.64. The van der Waals surface area contributed by atoms with Crippen LogP contribution in [0.3, 0.4) is 0 Å². The molecule has 4 nitrogen and oxygen atoms in total. The van der Waals surface area contributed by atoms with E-state index in [9.17, 15) is 4.79 Å². The number of hydrogen-bond acceptors (Lipinski definition) is 3. The Morgan fingerprint density at radius 2 is 2.06 bits per heavy atom. The van der Waals surface area contributed by atoms with Crippen LogP contribution in [-0.2, 0) is 4.74 Å². The highest BCUT2D eigenvalue weighted by Gasteiger charge is 2.14. The van der Waals surface area contributed by atoms with Gasteiger partial charge in [0, 0.05) is 6.42 Å². The lowest BCUT2D eigenvalue weighted by Gasteiger charge is -2.17. The molecule has 1 aromatic rings. The Bertz CT molecular complexity index is 327. The standard InChI is InChI=1S/C13H20N2O2/c1-2-9-15-10-8-12(17-13(14)16)11-6-4-3-5-7-11/h3-7,12,15H,2,8-10H2,1H3,(H2,14,16). The SMILES string of the molecule is CCCNCCC(OC(N)=O)c1ccccc1. The van der Waals surface area contributed by atoms with Crippen LogP contribution in [0.2, 0.25) is 0 Å². The molecule has 0 aliphatic rings. The van der Waals surface area contributed by atoms with Crippen molar-refractivity contribution in [2.45, 2.75) is 25.9 Å². The summed E-state index contributed by atoms with van der Waals surface area (Å²) >= 11 is 0. The molecule has 1 amide bonds. The van der Waals surface area contributed by atoms with Gasteiger partial charge in [-0.15, -0.1) is 0 Å². The number of nitrogens with one attached hydrogen (secondary N) is 1. The van der Waals surface area contributed by atoms with Crippen LogP contribution in [-0.4, -0.2) is 19.2 Å². The van der Waals surface area contributed by atoms with Gasteiger partial charge in [0.25, 0.3) is 0 Å². The molecule has 0 saturated heterocycles. The van der Waals surface area contributed by atoms with E-state index in [0.29, 0.717) is 0 Å². The topological polar surface area (TPSA) is 64.3 Å². The highest BCUT2D eigenvalue weighted by Crippen LogP contribution is 2.20. The normalized spacial score (nSPS) is 12.1. The Morgan fingerprint density at radius 3 is 2.65 bits per heavy atom. The molecule has 1 aromatic carbocycles. The number of amides is 1. The average molecular weight is 236 g/mol. The maximum absolute atomic E-state index is 10.9. The molecule has 3 N–H and O–H groups in total. The number of hydrogen-bond donors (Lipinski definition) is 2. The number of benzene rings is 1. The molecule has 17 heavy (non-hydrogen) atoms. The van der Waals surface area contributed by atoms with Gasteiger partial charge >= 0.3 is 6.09 Å². The van der Waals surface area contributed by atoms with Crippen molar-refractivity contribution in [3.8, 4) is 0 Å². The summed E-state index contributed by atoms with van der Waals surface area (Å²) in [5.74, 6) is 0. The summed E-state index contributed by atoms with van der Waals surface area (Å²) in [6, 6.07) is 9.65. The molecular weight excluding hydrogens is 216 g/mol. The fourth-order valence-electron chi connectivity index (χ4n) is 1.64. The molecule has 0 saturated carbocycles. The summed E-state index contributed by atoms with van der Waals surface area (Å²) in [7, 11) is 0. The fraction of sp³-hybridized carbons (Fsp3) is 0.462. The molecular formula is C13H20N2O2.